The summed E-state index contributed by atoms with van der Waals surface area (Å²) in [7, 11) is 0. The molecule has 0 saturated heterocycles. The Labute approximate surface area is 195 Å². The molecule has 2 aromatic carbocycles. The second kappa shape index (κ2) is 8.45. The molecule has 0 radical (unpaired) electrons. The lowest BCUT2D eigenvalue weighted by Gasteiger charge is -2.39. The van der Waals surface area contributed by atoms with Crippen molar-refractivity contribution in [3.8, 4) is 23.1 Å². The van der Waals surface area contributed by atoms with E-state index < -0.39 is 29.9 Å². The van der Waals surface area contributed by atoms with Crippen LogP contribution in [0.25, 0.3) is 11.3 Å². The number of rotatable bonds is 4. The first-order valence-electron chi connectivity index (χ1n) is 10.8. The molecule has 0 unspecified atom stereocenters. The zero-order valence-corrected chi connectivity index (χ0v) is 18.2. The van der Waals surface area contributed by atoms with Crippen LogP contribution < -0.4 is 10.5 Å². The van der Waals surface area contributed by atoms with E-state index in [0.29, 0.717) is 34.0 Å². The number of nitrogens with zero attached hydrogens (tertiary/aromatic N) is 1. The smallest absolute Gasteiger partial charge is 0.338 e. The Morgan fingerprint density at radius 3 is 2.76 bits per heavy atom. The maximum atomic E-state index is 13.0. The van der Waals surface area contributed by atoms with E-state index in [4.69, 9.17) is 24.4 Å². The number of ether oxygens (including phenoxy) is 3. The number of furan rings is 1. The fraction of sp³-hybridized carbons (Fsp3) is 0.192. The van der Waals surface area contributed by atoms with Crippen LogP contribution in [0.3, 0.4) is 0 Å². The van der Waals surface area contributed by atoms with Crippen molar-refractivity contribution in [2.24, 2.45) is 11.7 Å². The van der Waals surface area contributed by atoms with Gasteiger partial charge in [-0.05, 0) is 37.3 Å². The van der Waals surface area contributed by atoms with Crippen LogP contribution in [0.1, 0.15) is 40.6 Å². The second-order valence-corrected chi connectivity index (χ2v) is 7.89. The van der Waals surface area contributed by atoms with Crippen LogP contribution in [0.5, 0.6) is 5.75 Å². The zero-order valence-electron chi connectivity index (χ0n) is 18.2. The minimum absolute atomic E-state index is 0.0551. The third-order valence-corrected chi connectivity index (χ3v) is 5.94. The summed E-state index contributed by atoms with van der Waals surface area (Å²) >= 11 is 0. The Kier molecular flexibility index (Phi) is 5.30. The van der Waals surface area contributed by atoms with Crippen molar-refractivity contribution in [1.82, 2.24) is 0 Å². The summed E-state index contributed by atoms with van der Waals surface area (Å²) in [6.45, 7) is 2.01. The summed E-state index contributed by atoms with van der Waals surface area (Å²) in [5.41, 5.74) is 7.92. The minimum Gasteiger partial charge on any atom is -0.469 e. The van der Waals surface area contributed by atoms with Gasteiger partial charge in [0.05, 0.1) is 18.1 Å². The molecule has 0 fully saturated rings. The number of nitriles is 1. The van der Waals surface area contributed by atoms with Crippen LogP contribution in [0.15, 0.2) is 76.5 Å². The van der Waals surface area contributed by atoms with E-state index in [1.165, 1.54) is 0 Å². The van der Waals surface area contributed by atoms with E-state index in [1.807, 2.05) is 6.07 Å². The summed E-state index contributed by atoms with van der Waals surface area (Å²) in [6, 6.07) is 19.4. The highest BCUT2D eigenvalue weighted by atomic mass is 16.6. The highest BCUT2D eigenvalue weighted by molar-refractivity contribution is 5.90. The number of carbonyl (C=O) groups is 2. The number of hydrogen-bond donors (Lipinski definition) is 1. The molecule has 3 aromatic rings. The molecule has 8 nitrogen and oxygen atoms in total. The van der Waals surface area contributed by atoms with Crippen LogP contribution in [-0.2, 0) is 14.3 Å². The van der Waals surface area contributed by atoms with Crippen LogP contribution in [0.4, 0.5) is 0 Å². The zero-order chi connectivity index (χ0) is 23.8. The van der Waals surface area contributed by atoms with Gasteiger partial charge in [-0.3, -0.25) is 4.79 Å². The van der Waals surface area contributed by atoms with E-state index in [-0.39, 0.29) is 18.1 Å². The van der Waals surface area contributed by atoms with E-state index >= 15 is 0 Å². The molecule has 34 heavy (non-hydrogen) atoms. The molecule has 5 rings (SSSR count). The molecule has 0 amide bonds. The highest BCUT2D eigenvalue weighted by Gasteiger charge is 2.51. The Hall–Kier alpha value is -4.51. The molecule has 1 aromatic heterocycles. The summed E-state index contributed by atoms with van der Waals surface area (Å²) in [5.74, 6) is -1.45. The van der Waals surface area contributed by atoms with Crippen molar-refractivity contribution in [3.63, 3.8) is 0 Å². The molecule has 8 heteroatoms. The second-order valence-electron chi connectivity index (χ2n) is 7.89. The maximum Gasteiger partial charge on any atom is 0.338 e. The summed E-state index contributed by atoms with van der Waals surface area (Å²) in [4.78, 5) is 25.2. The molecule has 2 N–H and O–H groups in total. The Bertz CT molecular complexity index is 1370. The summed E-state index contributed by atoms with van der Waals surface area (Å²) in [5, 5.41) is 9.82. The molecule has 3 atom stereocenters. The molecule has 3 heterocycles. The fourth-order valence-electron chi connectivity index (χ4n) is 4.42. The van der Waals surface area contributed by atoms with Crippen molar-refractivity contribution in [2.45, 2.75) is 18.9 Å². The quantitative estimate of drug-likeness (QED) is 0.457. The monoisotopic (exact) mass is 456 g/mol. The number of nitrogens with two attached hydrogens (primary N) is 1. The lowest BCUT2D eigenvalue weighted by atomic mass is 9.76. The van der Waals surface area contributed by atoms with Crippen LogP contribution in [0.2, 0.25) is 0 Å². The standard InChI is InChI=1S/C26H20N2O6/c1-2-31-25(29)15-7-5-6-14(12-15)18-10-11-20(32-18)21-17(13-27)24(28)34-23-16-8-3-4-9-19(16)33-26(30)22(21)23/h3-12,21-23H,2,28H2,1H3/t21-,22+,23+/m0/s1. The fourth-order valence-corrected chi connectivity index (χ4v) is 4.42. The third kappa shape index (κ3) is 3.48. The van der Waals surface area contributed by atoms with Gasteiger partial charge in [-0.1, -0.05) is 30.3 Å². The Balaban J connectivity index is 1.56. The first-order valence-corrected chi connectivity index (χ1v) is 10.8. The minimum atomic E-state index is -0.860. The van der Waals surface area contributed by atoms with Gasteiger partial charge in [-0.25, -0.2) is 4.79 Å². The number of carbonyl (C=O) groups excluding carboxylic acids is 2. The molecule has 0 bridgehead atoms. The largest absolute Gasteiger partial charge is 0.469 e. The van der Waals surface area contributed by atoms with Gasteiger partial charge in [0, 0.05) is 11.1 Å². The van der Waals surface area contributed by atoms with Gasteiger partial charge in [-0.2, -0.15) is 5.26 Å². The molecular formula is C26H20N2O6. The topological polar surface area (TPSA) is 125 Å². The number of allylic oxidation sites excluding steroid dienone is 1. The van der Waals surface area contributed by atoms with Crippen molar-refractivity contribution in [3.05, 3.63) is 89.0 Å². The van der Waals surface area contributed by atoms with Gasteiger partial charge >= 0.3 is 11.9 Å². The highest BCUT2D eigenvalue weighted by Crippen LogP contribution is 2.51. The summed E-state index contributed by atoms with van der Waals surface area (Å²) in [6.07, 6.45) is -0.722. The lowest BCUT2D eigenvalue weighted by Crippen LogP contribution is -2.41. The Morgan fingerprint density at radius 2 is 1.97 bits per heavy atom. The first kappa shape index (κ1) is 21.3. The molecular weight excluding hydrogens is 436 g/mol. The van der Waals surface area contributed by atoms with Crippen LogP contribution in [-0.4, -0.2) is 18.5 Å². The predicted molar refractivity (Wildman–Crippen MR) is 119 cm³/mol. The average Bonchev–Trinajstić information content (AvgIpc) is 3.33. The third-order valence-electron chi connectivity index (χ3n) is 5.94. The average molecular weight is 456 g/mol. The Morgan fingerprint density at radius 1 is 1.15 bits per heavy atom. The molecule has 2 aliphatic heterocycles. The van der Waals surface area contributed by atoms with Gasteiger partial charge < -0.3 is 24.4 Å². The van der Waals surface area contributed by atoms with Gasteiger partial charge in [0.25, 0.3) is 0 Å². The van der Waals surface area contributed by atoms with Crippen LogP contribution in [0, 0.1) is 17.2 Å². The van der Waals surface area contributed by atoms with Crippen molar-refractivity contribution in [1.29, 1.82) is 5.26 Å². The molecule has 2 aliphatic rings. The van der Waals surface area contributed by atoms with Gasteiger partial charge in [0.1, 0.15) is 40.9 Å². The number of hydrogen-bond acceptors (Lipinski definition) is 8. The van der Waals surface area contributed by atoms with Gasteiger partial charge in [0.2, 0.25) is 0 Å². The SMILES string of the molecule is CCOC(=O)c1cccc(-c2ccc([C@@H]3C(C#N)=C(N)O[C@@H]4c5ccccc5OC(=O)[C@@H]43)o2)c1. The van der Waals surface area contributed by atoms with E-state index in [1.54, 1.807) is 61.5 Å². The number of para-hydroxylation sites is 1. The van der Waals surface area contributed by atoms with Gasteiger partial charge in [-0.15, -0.1) is 0 Å². The normalized spacial score (nSPS) is 20.9. The van der Waals surface area contributed by atoms with E-state index in [2.05, 4.69) is 6.07 Å². The summed E-state index contributed by atoms with van der Waals surface area (Å²) < 4.78 is 22.6. The van der Waals surface area contributed by atoms with Gasteiger partial charge in [0.15, 0.2) is 5.88 Å². The number of fused-ring (bicyclic) bond motifs is 3. The number of benzene rings is 2. The van der Waals surface area contributed by atoms with Crippen molar-refractivity contribution >= 4 is 11.9 Å². The van der Waals surface area contributed by atoms with Crippen molar-refractivity contribution in [2.75, 3.05) is 6.61 Å². The number of esters is 2. The lowest BCUT2D eigenvalue weighted by molar-refractivity contribution is -0.149. The van der Waals surface area contributed by atoms with Crippen LogP contribution >= 0.6 is 0 Å². The molecule has 0 spiro atoms. The van der Waals surface area contributed by atoms with E-state index in [0.717, 1.165) is 0 Å². The van der Waals surface area contributed by atoms with Crippen molar-refractivity contribution < 1.29 is 28.2 Å². The molecule has 170 valence electrons. The van der Waals surface area contributed by atoms with E-state index in [9.17, 15) is 14.9 Å². The predicted octanol–water partition coefficient (Wildman–Crippen LogP) is 4.21. The maximum absolute atomic E-state index is 13.0. The molecule has 0 aliphatic carbocycles. The molecule has 0 saturated carbocycles. The first-order chi connectivity index (χ1) is 16.5.